The molecule has 0 saturated carbocycles. The summed E-state index contributed by atoms with van der Waals surface area (Å²) in [6.07, 6.45) is -10.6. The summed E-state index contributed by atoms with van der Waals surface area (Å²) in [5, 5.41) is 24.5. The monoisotopic (exact) mass is 1290 g/mol. The summed E-state index contributed by atoms with van der Waals surface area (Å²) < 4.78 is 151. The molecule has 0 radical (unpaired) electrons. The molecule has 0 spiro atoms. The quantitative estimate of drug-likeness (QED) is 0.00980. The van der Waals surface area contributed by atoms with Gasteiger partial charge >= 0.3 is 48.2 Å². The molecule has 0 heterocycles. The SMILES string of the molecule is C=C(C)C(=O)OCCOC(=O)c1cc(C(C)(c2ccc(C(=O)O)c(C(=O)Nc3cccc(S(=O)(=O)c4cccc(NC(=O)c5cc(C(C)(c6ccc(C(=O)O)c(C(=O)OCCOC(=O)C(=C)C)c6)C(F)(F)F)ccc5OC=O)c4)c3)c2)C(F)(F)F)ccc1OC=O. The zero-order valence-corrected chi connectivity index (χ0v) is 48.7. The number of sulfone groups is 1. The van der Waals surface area contributed by atoms with E-state index in [0.29, 0.717) is 50.2 Å². The van der Waals surface area contributed by atoms with Gasteiger partial charge in [0.05, 0.1) is 37.6 Å². The van der Waals surface area contributed by atoms with Gasteiger partial charge in [-0.1, -0.05) is 49.6 Å². The average molecular weight is 1290 g/mol. The molecule has 29 heteroatoms. The minimum absolute atomic E-state index is 0.00530. The van der Waals surface area contributed by atoms with E-state index in [9.17, 15) is 66.6 Å². The maximum Gasteiger partial charge on any atom is 0.402 e. The highest BCUT2D eigenvalue weighted by Gasteiger charge is 2.55. The number of ether oxygens (including phenoxy) is 6. The van der Waals surface area contributed by atoms with E-state index in [4.69, 9.17) is 28.4 Å². The van der Waals surface area contributed by atoms with Crippen molar-refractivity contribution < 1.29 is 121 Å². The van der Waals surface area contributed by atoms with Crippen molar-refractivity contribution in [2.24, 2.45) is 0 Å². The fourth-order valence-electron chi connectivity index (χ4n) is 8.71. The first kappa shape index (κ1) is 69.1. The van der Waals surface area contributed by atoms with E-state index in [1.807, 2.05) is 0 Å². The van der Waals surface area contributed by atoms with Gasteiger partial charge in [0.2, 0.25) is 9.84 Å². The van der Waals surface area contributed by atoms with E-state index < -0.39 is 184 Å². The van der Waals surface area contributed by atoms with Crippen molar-refractivity contribution in [2.45, 2.75) is 60.7 Å². The van der Waals surface area contributed by atoms with Crippen LogP contribution in [0.5, 0.6) is 11.5 Å². The number of benzene rings is 6. The Bertz CT molecular complexity index is 4090. The number of carbonyl (C=O) groups excluding carboxylic acids is 8. The highest BCUT2D eigenvalue weighted by Crippen LogP contribution is 2.49. The number of amides is 2. The number of nitrogens with one attached hydrogen (secondary N) is 2. The summed E-state index contributed by atoms with van der Waals surface area (Å²) in [5.74, 6) is -11.8. The molecule has 22 nitrogen and oxygen atoms in total. The number of hydrogen-bond acceptors (Lipinski definition) is 18. The fraction of sp³-hybridized carbons (Fsp3) is 0.194. The number of hydrogen-bond donors (Lipinski definition) is 4. The van der Waals surface area contributed by atoms with Crippen LogP contribution in [0.25, 0.3) is 0 Å². The Kier molecular flexibility index (Phi) is 21.3. The molecule has 2 atom stereocenters. The molecule has 0 aliphatic rings. The zero-order valence-electron chi connectivity index (χ0n) is 47.9. The highest BCUT2D eigenvalue weighted by atomic mass is 32.2. The Morgan fingerprint density at radius 3 is 1.21 bits per heavy atom. The van der Waals surface area contributed by atoms with Gasteiger partial charge in [-0.25, -0.2) is 37.2 Å². The third-order valence-corrected chi connectivity index (χ3v) is 15.5. The van der Waals surface area contributed by atoms with E-state index in [1.54, 1.807) is 0 Å². The second kappa shape index (κ2) is 28.0. The van der Waals surface area contributed by atoms with Crippen LogP contribution in [-0.2, 0) is 58.8 Å². The van der Waals surface area contributed by atoms with Crippen molar-refractivity contribution in [2.75, 3.05) is 37.1 Å². The number of anilines is 2. The van der Waals surface area contributed by atoms with Gasteiger partial charge < -0.3 is 49.3 Å². The summed E-state index contributed by atoms with van der Waals surface area (Å²) in [5.41, 5.74) is -14.9. The lowest BCUT2D eigenvalue weighted by atomic mass is 9.74. The highest BCUT2D eigenvalue weighted by molar-refractivity contribution is 7.91. The molecule has 2 amide bonds. The van der Waals surface area contributed by atoms with Crippen LogP contribution < -0.4 is 20.1 Å². The molecule has 0 aliphatic carbocycles. The Morgan fingerprint density at radius 2 is 0.813 bits per heavy atom. The van der Waals surface area contributed by atoms with Gasteiger partial charge in [-0.3, -0.25) is 19.2 Å². The van der Waals surface area contributed by atoms with E-state index >= 15 is 26.3 Å². The van der Waals surface area contributed by atoms with Gasteiger partial charge in [-0.15, -0.1) is 0 Å². The largest absolute Gasteiger partial charge is 0.478 e. The lowest BCUT2D eigenvalue weighted by Gasteiger charge is -2.34. The van der Waals surface area contributed by atoms with Crippen molar-refractivity contribution >= 4 is 81.8 Å². The van der Waals surface area contributed by atoms with Crippen LogP contribution in [0.3, 0.4) is 0 Å². The minimum atomic E-state index is -5.31. The first-order chi connectivity index (χ1) is 42.6. The van der Waals surface area contributed by atoms with Crippen LogP contribution in [0.15, 0.2) is 155 Å². The average Bonchev–Trinajstić information content (AvgIpc) is 0.775. The Morgan fingerprint density at radius 1 is 0.473 bits per heavy atom. The predicted molar refractivity (Wildman–Crippen MR) is 304 cm³/mol. The normalized spacial score (nSPS) is 12.7. The second-order valence-corrected chi connectivity index (χ2v) is 21.7. The van der Waals surface area contributed by atoms with E-state index in [2.05, 4.69) is 23.8 Å². The topological polar surface area (TPSA) is 325 Å². The minimum Gasteiger partial charge on any atom is -0.478 e. The van der Waals surface area contributed by atoms with Gasteiger partial charge in [0.15, 0.2) is 0 Å². The van der Waals surface area contributed by atoms with Gasteiger partial charge in [0, 0.05) is 22.5 Å². The van der Waals surface area contributed by atoms with Crippen LogP contribution in [-0.4, -0.2) is 118 Å². The molecule has 91 heavy (non-hydrogen) atoms. The van der Waals surface area contributed by atoms with Crippen molar-refractivity contribution in [3.63, 3.8) is 0 Å². The molecule has 0 saturated heterocycles. The summed E-state index contributed by atoms with van der Waals surface area (Å²) in [4.78, 5) is 124. The van der Waals surface area contributed by atoms with Crippen LogP contribution in [0, 0.1) is 0 Å². The van der Waals surface area contributed by atoms with Gasteiger partial charge in [0.1, 0.15) is 54.3 Å². The van der Waals surface area contributed by atoms with E-state index in [0.717, 1.165) is 84.9 Å². The van der Waals surface area contributed by atoms with Crippen LogP contribution in [0.1, 0.15) is 112 Å². The Balaban J connectivity index is 1.29. The lowest BCUT2D eigenvalue weighted by molar-refractivity contribution is -0.173. The molecule has 0 fully saturated rings. The molecule has 6 aromatic carbocycles. The molecule has 4 N–H and O–H groups in total. The number of esters is 4. The smallest absolute Gasteiger partial charge is 0.402 e. The lowest BCUT2D eigenvalue weighted by Crippen LogP contribution is -2.41. The second-order valence-electron chi connectivity index (χ2n) is 19.8. The van der Waals surface area contributed by atoms with E-state index in [1.165, 1.54) is 13.8 Å². The molecule has 2 unspecified atom stereocenters. The standard InChI is InChI=1S/C62H50F6N2O20S/c1-33(2)55(79)85-21-23-87-57(81)46-26-36(14-18-44(46)54(77)78)60(6,62(66,67)68)37-15-19-49(89-31-71)47(27-37)52(74)70-40-10-8-12-42(30-40)91(83,84)41-11-7-9-39(29-41)69-51(73)45-25-35(13-17-43(45)53(75)76)59(5,61(63,64)65)38-16-20-50(90-32-72)48(28-38)58(82)88-24-22-86-56(80)34(3)4/h7-20,25-32H,1,3,21-24H2,2,4-6H3,(H,69,73)(H,70,74)(H,75,76)(H,77,78). The van der Waals surface area contributed by atoms with Gasteiger partial charge in [-0.05, 0) is 135 Å². The summed E-state index contributed by atoms with van der Waals surface area (Å²) in [7, 11) is -4.73. The summed E-state index contributed by atoms with van der Waals surface area (Å²) in [6.45, 7) is 8.15. The van der Waals surface area contributed by atoms with Crippen molar-refractivity contribution in [3.8, 4) is 11.5 Å². The summed E-state index contributed by atoms with van der Waals surface area (Å²) in [6, 6.07) is 17.2. The Hall–Kier alpha value is -11.0. The zero-order chi connectivity index (χ0) is 67.6. The molecular formula is C62H50F6N2O20S. The summed E-state index contributed by atoms with van der Waals surface area (Å²) >= 11 is 0. The molecule has 6 aromatic rings. The van der Waals surface area contributed by atoms with Gasteiger partial charge in [-0.2, -0.15) is 26.3 Å². The number of carbonyl (C=O) groups is 10. The molecule has 476 valence electrons. The van der Waals surface area contributed by atoms with Crippen LogP contribution >= 0.6 is 0 Å². The molecular weight excluding hydrogens is 1240 g/mol. The molecule has 0 aliphatic heterocycles. The van der Waals surface area contributed by atoms with Crippen LogP contribution in [0.4, 0.5) is 37.7 Å². The predicted octanol–water partition coefficient (Wildman–Crippen LogP) is 9.78. The third-order valence-electron chi connectivity index (χ3n) is 13.8. The van der Waals surface area contributed by atoms with Crippen molar-refractivity contribution in [1.82, 2.24) is 0 Å². The first-order valence-corrected chi connectivity index (χ1v) is 27.6. The molecule has 0 aromatic heterocycles. The van der Waals surface area contributed by atoms with Crippen molar-refractivity contribution in [3.05, 3.63) is 201 Å². The van der Waals surface area contributed by atoms with E-state index in [-0.39, 0.29) is 35.5 Å². The number of rotatable bonds is 26. The van der Waals surface area contributed by atoms with Gasteiger partial charge in [0.25, 0.3) is 24.8 Å². The maximum atomic E-state index is 15.5. The maximum absolute atomic E-state index is 15.5. The number of carboxylic acid groups (broad SMARTS) is 2. The van der Waals surface area contributed by atoms with Crippen molar-refractivity contribution in [1.29, 1.82) is 0 Å². The van der Waals surface area contributed by atoms with Crippen LogP contribution in [0.2, 0.25) is 0 Å². The number of aromatic carboxylic acids is 2. The number of alkyl halides is 6. The number of halogens is 6. The molecule has 0 bridgehead atoms. The molecule has 6 rings (SSSR count). The Labute approximate surface area is 511 Å². The number of carboxylic acids is 2. The third kappa shape index (κ3) is 15.3. The first-order valence-electron chi connectivity index (χ1n) is 26.1. The fourth-order valence-corrected chi connectivity index (χ4v) is 10.1.